The van der Waals surface area contributed by atoms with Crippen LogP contribution in [0.2, 0.25) is 0 Å². The van der Waals surface area contributed by atoms with Crippen LogP contribution < -0.4 is 5.32 Å². The molecule has 0 fully saturated rings. The molecule has 0 aromatic rings. The van der Waals surface area contributed by atoms with Crippen LogP contribution in [0.25, 0.3) is 0 Å². The molecule has 0 atom stereocenters. The van der Waals surface area contributed by atoms with Crippen LogP contribution in [0, 0.1) is 0 Å². The highest BCUT2D eigenvalue weighted by atomic mass is 32.3. The number of nitrogens with zero attached hydrogens (tertiary/aromatic N) is 1. The average molecular weight is 166 g/mol. The molecule has 0 heterocycles. The van der Waals surface area contributed by atoms with Crippen LogP contribution in [0.15, 0.2) is 17.8 Å². The molecule has 0 aromatic heterocycles. The number of hydrogen-bond acceptors (Lipinski definition) is 3. The Labute approximate surface area is 58.7 Å². The van der Waals surface area contributed by atoms with Crippen molar-refractivity contribution in [3.05, 3.63) is 12.8 Å². The summed E-state index contributed by atoms with van der Waals surface area (Å²) in [5, 5.41) is 1.29. The Morgan fingerprint density at radius 1 is 1.80 bits per heavy atom. The molecule has 0 radical (unpaired) electrons. The number of halogens is 1. The van der Waals surface area contributed by atoms with E-state index in [1.54, 1.807) is 0 Å². The molecule has 0 unspecified atom stereocenters. The first-order valence-corrected chi connectivity index (χ1v) is 3.69. The quantitative estimate of drug-likeness (QED) is 0.339. The molecule has 0 aliphatic rings. The van der Waals surface area contributed by atoms with Gasteiger partial charge in [0, 0.05) is 7.05 Å². The van der Waals surface area contributed by atoms with Crippen molar-refractivity contribution in [2.45, 2.75) is 0 Å². The van der Waals surface area contributed by atoms with Crippen LogP contribution in [-0.2, 0) is 10.2 Å². The standard InChI is InChI=1S/C4H7FN2O2S/c1-3-7-4(6-2)10(5,8)9/h3H,1H2,2H3,(H,6,7). The fraction of sp³-hybridized carbons (Fsp3) is 0.250. The van der Waals surface area contributed by atoms with E-state index in [1.807, 2.05) is 5.32 Å². The van der Waals surface area contributed by atoms with E-state index in [0.29, 0.717) is 0 Å². The van der Waals surface area contributed by atoms with E-state index in [9.17, 15) is 12.3 Å². The van der Waals surface area contributed by atoms with Gasteiger partial charge in [0.1, 0.15) is 0 Å². The maximum atomic E-state index is 12.0. The Morgan fingerprint density at radius 2 is 2.30 bits per heavy atom. The van der Waals surface area contributed by atoms with Gasteiger partial charge in [0.25, 0.3) is 5.17 Å². The summed E-state index contributed by atoms with van der Waals surface area (Å²) in [5.74, 6) is 0. The molecule has 0 bridgehead atoms. The zero-order valence-corrected chi connectivity index (χ0v) is 6.15. The highest BCUT2D eigenvalue weighted by molar-refractivity contribution is 8.01. The molecule has 6 heteroatoms. The van der Waals surface area contributed by atoms with E-state index in [-0.39, 0.29) is 0 Å². The van der Waals surface area contributed by atoms with Crippen molar-refractivity contribution in [2.24, 2.45) is 4.99 Å². The average Bonchev–Trinajstić information content (AvgIpc) is 1.80. The third-order valence-electron chi connectivity index (χ3n) is 0.660. The molecule has 0 aromatic carbocycles. The molecule has 0 spiro atoms. The van der Waals surface area contributed by atoms with Crippen molar-refractivity contribution >= 4 is 15.4 Å². The number of hydrogen-bond donors (Lipinski definition) is 1. The lowest BCUT2D eigenvalue weighted by atomic mass is 11.0. The third-order valence-corrected chi connectivity index (χ3v) is 1.42. The summed E-state index contributed by atoms with van der Waals surface area (Å²) in [6, 6.07) is 0. The minimum absolute atomic E-state index is 0.734. The van der Waals surface area contributed by atoms with Crippen molar-refractivity contribution in [1.29, 1.82) is 0 Å². The molecule has 0 aliphatic carbocycles. The van der Waals surface area contributed by atoms with Gasteiger partial charge in [0.2, 0.25) is 0 Å². The second kappa shape index (κ2) is 3.31. The molecule has 0 amide bonds. The summed E-state index contributed by atoms with van der Waals surface area (Å²) < 4.78 is 32.1. The Hall–Kier alpha value is -0.910. The highest BCUT2D eigenvalue weighted by Gasteiger charge is 2.14. The number of rotatable bonds is 1. The van der Waals surface area contributed by atoms with E-state index >= 15 is 0 Å². The largest absolute Gasteiger partial charge is 0.365 e. The lowest BCUT2D eigenvalue weighted by Crippen LogP contribution is -2.23. The first kappa shape index (κ1) is 9.09. The number of nitrogens with one attached hydrogen (secondary N) is 1. The van der Waals surface area contributed by atoms with Gasteiger partial charge in [0.05, 0.1) is 0 Å². The van der Waals surface area contributed by atoms with Crippen LogP contribution in [0.4, 0.5) is 3.89 Å². The van der Waals surface area contributed by atoms with E-state index in [0.717, 1.165) is 13.2 Å². The van der Waals surface area contributed by atoms with Gasteiger partial charge in [-0.3, -0.25) is 4.99 Å². The monoisotopic (exact) mass is 166 g/mol. The number of aliphatic imine (C=N–C) groups is 1. The van der Waals surface area contributed by atoms with E-state index < -0.39 is 15.4 Å². The Balaban J connectivity index is 4.56. The van der Waals surface area contributed by atoms with Gasteiger partial charge in [-0.15, -0.1) is 0 Å². The van der Waals surface area contributed by atoms with Gasteiger partial charge in [-0.2, -0.15) is 8.42 Å². The lowest BCUT2D eigenvalue weighted by Gasteiger charge is -1.96. The number of amidine groups is 1. The summed E-state index contributed by atoms with van der Waals surface area (Å²) in [6.45, 7) is 3.14. The zero-order valence-electron chi connectivity index (χ0n) is 5.33. The molecular formula is C4H7FN2O2S. The molecule has 10 heavy (non-hydrogen) atoms. The second-order valence-electron chi connectivity index (χ2n) is 1.32. The Bertz CT molecular complexity index is 244. The summed E-state index contributed by atoms with van der Waals surface area (Å²) in [6.07, 6.45) is 1.03. The van der Waals surface area contributed by atoms with E-state index in [4.69, 9.17) is 0 Å². The van der Waals surface area contributed by atoms with Gasteiger partial charge in [-0.05, 0) is 6.20 Å². The van der Waals surface area contributed by atoms with Gasteiger partial charge in [-0.25, -0.2) is 0 Å². The van der Waals surface area contributed by atoms with Crippen molar-refractivity contribution in [1.82, 2.24) is 5.32 Å². The van der Waals surface area contributed by atoms with Crippen molar-refractivity contribution in [3.63, 3.8) is 0 Å². The SMILES string of the molecule is C=CNC(=NC)S(=O)(=O)F. The van der Waals surface area contributed by atoms with Crippen molar-refractivity contribution in [3.8, 4) is 0 Å². The summed E-state index contributed by atoms with van der Waals surface area (Å²) >= 11 is 0. The zero-order chi connectivity index (χ0) is 8.20. The summed E-state index contributed by atoms with van der Waals surface area (Å²) in [5.41, 5.74) is 0. The minimum Gasteiger partial charge on any atom is -0.336 e. The molecule has 4 nitrogen and oxygen atoms in total. The molecule has 0 rings (SSSR count). The van der Waals surface area contributed by atoms with Crippen LogP contribution in [-0.4, -0.2) is 20.6 Å². The maximum absolute atomic E-state index is 12.0. The molecule has 0 saturated carbocycles. The van der Waals surface area contributed by atoms with Crippen LogP contribution in [0.3, 0.4) is 0 Å². The lowest BCUT2D eigenvalue weighted by molar-refractivity contribution is 0.565. The maximum Gasteiger partial charge on any atom is 0.365 e. The molecular weight excluding hydrogens is 159 g/mol. The van der Waals surface area contributed by atoms with Crippen LogP contribution >= 0.6 is 0 Å². The second-order valence-corrected chi connectivity index (χ2v) is 2.58. The first-order chi connectivity index (χ1) is 4.52. The van der Waals surface area contributed by atoms with Gasteiger partial charge in [0.15, 0.2) is 0 Å². The summed E-state index contributed by atoms with van der Waals surface area (Å²) in [4.78, 5) is 3.12. The van der Waals surface area contributed by atoms with Gasteiger partial charge in [-0.1, -0.05) is 10.5 Å². The smallest absolute Gasteiger partial charge is 0.336 e. The predicted molar refractivity (Wildman–Crippen MR) is 36.7 cm³/mol. The fourth-order valence-electron chi connectivity index (χ4n) is 0.331. The predicted octanol–water partition coefficient (Wildman–Crippen LogP) is 0.00460. The molecule has 0 aliphatic heterocycles. The normalized spacial score (nSPS) is 12.8. The molecule has 0 saturated heterocycles. The third kappa shape index (κ3) is 2.58. The Kier molecular flexibility index (Phi) is 3.01. The van der Waals surface area contributed by atoms with Crippen molar-refractivity contribution in [2.75, 3.05) is 7.05 Å². The van der Waals surface area contributed by atoms with Crippen LogP contribution in [0.5, 0.6) is 0 Å². The van der Waals surface area contributed by atoms with Gasteiger partial charge < -0.3 is 5.32 Å². The molecule has 58 valence electrons. The summed E-state index contributed by atoms with van der Waals surface area (Å²) in [7, 11) is -3.55. The van der Waals surface area contributed by atoms with Crippen molar-refractivity contribution < 1.29 is 12.3 Å². The topological polar surface area (TPSA) is 58.5 Å². The van der Waals surface area contributed by atoms with Gasteiger partial charge >= 0.3 is 10.2 Å². The Morgan fingerprint density at radius 3 is 2.40 bits per heavy atom. The first-order valence-electron chi connectivity index (χ1n) is 2.31. The molecule has 1 N–H and O–H groups in total. The van der Waals surface area contributed by atoms with E-state index in [2.05, 4.69) is 11.6 Å². The minimum atomic E-state index is -4.71. The highest BCUT2D eigenvalue weighted by Crippen LogP contribution is 1.91. The fourth-order valence-corrected chi connectivity index (χ4v) is 0.773. The van der Waals surface area contributed by atoms with Crippen LogP contribution in [0.1, 0.15) is 0 Å². The van der Waals surface area contributed by atoms with E-state index in [1.165, 1.54) is 0 Å².